The number of nitrogens with zero attached hydrogens (tertiary/aromatic N) is 1. The maximum atomic E-state index is 5.38. The molecule has 0 atom stereocenters. The van der Waals surface area contributed by atoms with E-state index in [4.69, 9.17) is 16.6 Å². The number of hydrogen-bond acceptors (Lipinski definition) is 2. The number of imidazole rings is 1. The van der Waals surface area contributed by atoms with Gasteiger partial charge < -0.3 is 14.0 Å². The normalized spacial score (nSPS) is 10.6. The van der Waals surface area contributed by atoms with Gasteiger partial charge in [0.25, 0.3) is 0 Å². The average Bonchev–Trinajstić information content (AvgIpc) is 2.72. The molecule has 0 amide bonds. The molecule has 2 heterocycles. The van der Waals surface area contributed by atoms with Crippen LogP contribution < -0.4 is 0 Å². The Hall–Kier alpha value is -0.810. The zero-order valence-electron chi connectivity index (χ0n) is 7.37. The van der Waals surface area contributed by atoms with Crippen molar-refractivity contribution in [1.82, 2.24) is 9.55 Å². The van der Waals surface area contributed by atoms with Crippen molar-refractivity contribution in [2.75, 3.05) is 0 Å². The molecule has 0 saturated heterocycles. The van der Waals surface area contributed by atoms with E-state index < -0.39 is 0 Å². The molecule has 2 aromatic rings. The van der Waals surface area contributed by atoms with Gasteiger partial charge in [-0.3, -0.25) is 0 Å². The van der Waals surface area contributed by atoms with E-state index in [-0.39, 0.29) is 0 Å². The fraction of sp³-hybridized carbons (Fsp3) is 0.222. The zero-order chi connectivity index (χ0) is 9.97. The predicted octanol–water partition coefficient (Wildman–Crippen LogP) is 3.14. The van der Waals surface area contributed by atoms with E-state index in [0.29, 0.717) is 0 Å². The largest absolute Gasteiger partial charge is 0.454 e. The second-order valence-electron chi connectivity index (χ2n) is 2.91. The molecule has 0 saturated carbocycles. The van der Waals surface area contributed by atoms with Crippen LogP contribution in [0.25, 0.3) is 0 Å². The van der Waals surface area contributed by atoms with Crippen LogP contribution in [0.3, 0.4) is 0 Å². The van der Waals surface area contributed by atoms with E-state index in [2.05, 4.69) is 20.9 Å². The predicted molar refractivity (Wildman–Crippen MR) is 59.7 cm³/mol. The van der Waals surface area contributed by atoms with Crippen LogP contribution in [-0.2, 0) is 13.0 Å². The zero-order valence-corrected chi connectivity index (χ0v) is 9.77. The number of furan rings is 1. The molecule has 14 heavy (non-hydrogen) atoms. The number of rotatable bonds is 3. The molecule has 0 spiro atoms. The lowest BCUT2D eigenvalue weighted by Crippen LogP contribution is -1.98. The van der Waals surface area contributed by atoms with Crippen molar-refractivity contribution in [2.24, 2.45) is 0 Å². The monoisotopic (exact) mass is 272 g/mol. The van der Waals surface area contributed by atoms with Crippen LogP contribution in [0, 0.1) is 4.77 Å². The van der Waals surface area contributed by atoms with Crippen LogP contribution in [-0.4, -0.2) is 9.55 Å². The summed E-state index contributed by atoms with van der Waals surface area (Å²) in [6.45, 7) is 0.836. The first-order valence-corrected chi connectivity index (χ1v) is 5.44. The highest BCUT2D eigenvalue weighted by Crippen LogP contribution is 2.14. The summed E-state index contributed by atoms with van der Waals surface area (Å²) in [5.74, 6) is 0.958. The molecule has 74 valence electrons. The van der Waals surface area contributed by atoms with Gasteiger partial charge in [-0.05, 0) is 40.3 Å². The van der Waals surface area contributed by atoms with Crippen LogP contribution in [0.2, 0.25) is 0 Å². The van der Waals surface area contributed by atoms with Gasteiger partial charge in [-0.15, -0.1) is 0 Å². The fourth-order valence-corrected chi connectivity index (χ4v) is 1.80. The quantitative estimate of drug-likeness (QED) is 0.872. The molecule has 0 bridgehead atoms. The van der Waals surface area contributed by atoms with Crippen LogP contribution in [0.1, 0.15) is 5.76 Å². The SMILES string of the molecule is S=c1[nH]ccn1CCc1ccc(Br)o1. The van der Waals surface area contributed by atoms with Crippen LogP contribution >= 0.6 is 28.1 Å². The Morgan fingerprint density at radius 3 is 2.93 bits per heavy atom. The minimum Gasteiger partial charge on any atom is -0.454 e. The third-order valence-corrected chi connectivity index (χ3v) is 2.73. The number of aromatic amines is 1. The molecule has 0 aromatic carbocycles. The molecule has 3 nitrogen and oxygen atoms in total. The lowest BCUT2D eigenvalue weighted by molar-refractivity contribution is 0.472. The number of aryl methyl sites for hydroxylation is 2. The van der Waals surface area contributed by atoms with E-state index in [1.807, 2.05) is 29.1 Å². The molecule has 0 unspecified atom stereocenters. The first-order valence-electron chi connectivity index (χ1n) is 4.24. The van der Waals surface area contributed by atoms with Crippen molar-refractivity contribution in [1.29, 1.82) is 0 Å². The number of halogens is 1. The average molecular weight is 273 g/mol. The number of hydrogen-bond donors (Lipinski definition) is 1. The number of aromatic nitrogens is 2. The summed E-state index contributed by atoms with van der Waals surface area (Å²) in [5.41, 5.74) is 0. The van der Waals surface area contributed by atoms with E-state index in [9.17, 15) is 0 Å². The van der Waals surface area contributed by atoms with E-state index >= 15 is 0 Å². The molecule has 0 fully saturated rings. The smallest absolute Gasteiger partial charge is 0.177 e. The summed E-state index contributed by atoms with van der Waals surface area (Å²) in [6.07, 6.45) is 4.61. The Kier molecular flexibility index (Phi) is 2.88. The Balaban J connectivity index is 2.01. The molecular formula is C9H9BrN2OS. The maximum Gasteiger partial charge on any atom is 0.177 e. The summed E-state index contributed by atoms with van der Waals surface area (Å²) < 4.78 is 8.87. The number of nitrogens with one attached hydrogen (secondary N) is 1. The Bertz CT molecular complexity index is 471. The molecule has 0 aliphatic carbocycles. The molecule has 1 N–H and O–H groups in total. The summed E-state index contributed by atoms with van der Waals surface area (Å²) in [7, 11) is 0. The van der Waals surface area contributed by atoms with Gasteiger partial charge in [-0.1, -0.05) is 0 Å². The summed E-state index contributed by atoms with van der Waals surface area (Å²) in [4.78, 5) is 2.95. The Labute approximate surface area is 94.9 Å². The minimum atomic E-state index is 0.746. The standard InChI is InChI=1S/C9H9BrN2OS/c10-8-2-1-7(13-8)3-5-12-6-4-11-9(12)14/h1-2,4,6H,3,5H2,(H,11,14). The van der Waals surface area contributed by atoms with Gasteiger partial charge in [0.15, 0.2) is 9.44 Å². The van der Waals surface area contributed by atoms with Crippen molar-refractivity contribution in [3.8, 4) is 0 Å². The highest BCUT2D eigenvalue weighted by molar-refractivity contribution is 9.10. The molecule has 0 aliphatic rings. The molecule has 0 aliphatic heterocycles. The van der Waals surface area contributed by atoms with Crippen molar-refractivity contribution < 1.29 is 4.42 Å². The van der Waals surface area contributed by atoms with Gasteiger partial charge in [-0.2, -0.15) is 0 Å². The highest BCUT2D eigenvalue weighted by Gasteiger charge is 2.00. The minimum absolute atomic E-state index is 0.746. The maximum absolute atomic E-state index is 5.38. The first-order chi connectivity index (χ1) is 6.75. The molecule has 2 aromatic heterocycles. The van der Waals surface area contributed by atoms with Gasteiger partial charge in [-0.25, -0.2) is 0 Å². The third-order valence-electron chi connectivity index (χ3n) is 1.95. The van der Waals surface area contributed by atoms with Crippen LogP contribution in [0.4, 0.5) is 0 Å². The second kappa shape index (κ2) is 4.14. The molecule has 2 rings (SSSR count). The van der Waals surface area contributed by atoms with Crippen molar-refractivity contribution in [2.45, 2.75) is 13.0 Å². The molecule has 0 radical (unpaired) electrons. The lowest BCUT2D eigenvalue weighted by Gasteiger charge is -1.98. The molecule has 5 heteroatoms. The number of H-pyrrole nitrogens is 1. The van der Waals surface area contributed by atoms with E-state index in [1.54, 1.807) is 0 Å². The Morgan fingerprint density at radius 2 is 2.36 bits per heavy atom. The highest BCUT2D eigenvalue weighted by atomic mass is 79.9. The van der Waals surface area contributed by atoms with Gasteiger partial charge in [0.1, 0.15) is 5.76 Å². The van der Waals surface area contributed by atoms with Gasteiger partial charge in [0.05, 0.1) is 0 Å². The molecular weight excluding hydrogens is 264 g/mol. The van der Waals surface area contributed by atoms with Crippen LogP contribution in [0.5, 0.6) is 0 Å². The summed E-state index contributed by atoms with van der Waals surface area (Å²) >= 11 is 8.34. The van der Waals surface area contributed by atoms with Gasteiger partial charge >= 0.3 is 0 Å². The fourth-order valence-electron chi connectivity index (χ4n) is 1.24. The van der Waals surface area contributed by atoms with Gasteiger partial charge in [0, 0.05) is 25.4 Å². The van der Waals surface area contributed by atoms with E-state index in [0.717, 1.165) is 28.2 Å². The third kappa shape index (κ3) is 2.16. The lowest BCUT2D eigenvalue weighted by atomic mass is 10.3. The summed E-state index contributed by atoms with van der Waals surface area (Å²) in [6, 6.07) is 3.85. The van der Waals surface area contributed by atoms with Gasteiger partial charge in [0.2, 0.25) is 0 Å². The summed E-state index contributed by atoms with van der Waals surface area (Å²) in [5, 5.41) is 0. The van der Waals surface area contributed by atoms with Crippen molar-refractivity contribution in [3.63, 3.8) is 0 Å². The first kappa shape index (κ1) is 9.73. The van der Waals surface area contributed by atoms with Crippen LogP contribution in [0.15, 0.2) is 33.6 Å². The van der Waals surface area contributed by atoms with Crippen molar-refractivity contribution >= 4 is 28.1 Å². The topological polar surface area (TPSA) is 33.9 Å². The Morgan fingerprint density at radius 1 is 1.50 bits per heavy atom. The van der Waals surface area contributed by atoms with Crippen molar-refractivity contribution in [3.05, 3.63) is 39.7 Å². The van der Waals surface area contributed by atoms with E-state index in [1.165, 1.54) is 0 Å². The second-order valence-corrected chi connectivity index (χ2v) is 4.08.